The van der Waals surface area contributed by atoms with E-state index in [1.54, 1.807) is 14.2 Å². The standard InChI is InChI=1S/C29H27F3N2O3/c1-19(33-37-18-21-8-10-23(11-9-21)29(30,31)32)27-17-28(22-6-5-7-26(16-22)36-4)34(20(27)2)24-12-14-25(35-3)15-13-24/h5-17H,18H2,1-4H3/b33-19-. The molecule has 0 aliphatic rings. The number of methoxy groups -OCH3 is 2. The predicted molar refractivity (Wildman–Crippen MR) is 137 cm³/mol. The van der Waals surface area contributed by atoms with E-state index in [1.807, 2.05) is 68.4 Å². The summed E-state index contributed by atoms with van der Waals surface area (Å²) in [5, 5.41) is 4.26. The molecule has 0 spiro atoms. The van der Waals surface area contributed by atoms with E-state index in [0.717, 1.165) is 51.8 Å². The number of alkyl halides is 3. The van der Waals surface area contributed by atoms with Crippen LogP contribution in [0.3, 0.4) is 0 Å². The zero-order chi connectivity index (χ0) is 26.6. The third kappa shape index (κ3) is 5.80. The maximum absolute atomic E-state index is 12.8. The van der Waals surface area contributed by atoms with Crippen LogP contribution in [0.15, 0.2) is 84.0 Å². The minimum atomic E-state index is -4.37. The average Bonchev–Trinajstić information content (AvgIpc) is 3.25. The Morgan fingerprint density at radius 3 is 2.16 bits per heavy atom. The highest BCUT2D eigenvalue weighted by Crippen LogP contribution is 2.33. The summed E-state index contributed by atoms with van der Waals surface area (Å²) >= 11 is 0. The van der Waals surface area contributed by atoms with Gasteiger partial charge in [-0.15, -0.1) is 0 Å². The minimum absolute atomic E-state index is 0.0520. The van der Waals surface area contributed by atoms with E-state index in [0.29, 0.717) is 11.3 Å². The lowest BCUT2D eigenvalue weighted by Gasteiger charge is -2.13. The summed E-state index contributed by atoms with van der Waals surface area (Å²) in [5.41, 5.74) is 5.20. The summed E-state index contributed by atoms with van der Waals surface area (Å²) in [7, 11) is 3.25. The van der Waals surface area contributed by atoms with E-state index >= 15 is 0 Å². The summed E-state index contributed by atoms with van der Waals surface area (Å²) in [6.07, 6.45) is -4.37. The lowest BCUT2D eigenvalue weighted by molar-refractivity contribution is -0.137. The third-order valence-corrected chi connectivity index (χ3v) is 6.05. The van der Waals surface area contributed by atoms with Crippen molar-refractivity contribution in [2.45, 2.75) is 26.6 Å². The molecule has 0 aliphatic carbocycles. The van der Waals surface area contributed by atoms with Crippen molar-refractivity contribution < 1.29 is 27.5 Å². The minimum Gasteiger partial charge on any atom is -0.497 e. The molecule has 37 heavy (non-hydrogen) atoms. The number of rotatable bonds is 8. The zero-order valence-corrected chi connectivity index (χ0v) is 21.0. The van der Waals surface area contributed by atoms with Gasteiger partial charge in [-0.2, -0.15) is 13.2 Å². The Balaban J connectivity index is 1.66. The molecule has 0 amide bonds. The molecule has 0 fully saturated rings. The monoisotopic (exact) mass is 508 g/mol. The maximum atomic E-state index is 12.8. The van der Waals surface area contributed by atoms with Gasteiger partial charge >= 0.3 is 6.18 Å². The van der Waals surface area contributed by atoms with Crippen LogP contribution in [0.4, 0.5) is 13.2 Å². The van der Waals surface area contributed by atoms with Crippen molar-refractivity contribution in [3.05, 3.63) is 101 Å². The molecule has 0 bridgehead atoms. The summed E-state index contributed by atoms with van der Waals surface area (Å²) in [6.45, 7) is 3.89. The van der Waals surface area contributed by atoms with Crippen LogP contribution in [0.25, 0.3) is 16.9 Å². The van der Waals surface area contributed by atoms with Gasteiger partial charge in [-0.25, -0.2) is 0 Å². The van der Waals surface area contributed by atoms with E-state index in [9.17, 15) is 13.2 Å². The molecule has 0 saturated carbocycles. The molecule has 0 unspecified atom stereocenters. The Bertz CT molecular complexity index is 1390. The maximum Gasteiger partial charge on any atom is 0.416 e. The molecule has 8 heteroatoms. The molecule has 0 radical (unpaired) electrons. The number of benzene rings is 3. The van der Waals surface area contributed by atoms with Gasteiger partial charge in [0.15, 0.2) is 0 Å². The Labute approximate surface area is 213 Å². The van der Waals surface area contributed by atoms with Gasteiger partial charge in [0.2, 0.25) is 0 Å². The normalized spacial score (nSPS) is 11.9. The molecular formula is C29H27F3N2O3. The highest BCUT2D eigenvalue weighted by molar-refractivity contribution is 6.01. The third-order valence-electron chi connectivity index (χ3n) is 6.05. The van der Waals surface area contributed by atoms with Crippen LogP contribution >= 0.6 is 0 Å². The van der Waals surface area contributed by atoms with Crippen LogP contribution < -0.4 is 9.47 Å². The number of oxime groups is 1. The number of halogens is 3. The smallest absolute Gasteiger partial charge is 0.416 e. The van der Waals surface area contributed by atoms with Gasteiger partial charge in [0, 0.05) is 22.5 Å². The van der Waals surface area contributed by atoms with Gasteiger partial charge in [0.1, 0.15) is 18.1 Å². The van der Waals surface area contributed by atoms with E-state index in [-0.39, 0.29) is 6.61 Å². The van der Waals surface area contributed by atoms with Crippen LogP contribution in [0.5, 0.6) is 11.5 Å². The number of hydrogen-bond acceptors (Lipinski definition) is 4. The van der Waals surface area contributed by atoms with Crippen molar-refractivity contribution in [3.8, 4) is 28.4 Å². The summed E-state index contributed by atoms with van der Waals surface area (Å²) in [4.78, 5) is 5.50. The van der Waals surface area contributed by atoms with Crippen molar-refractivity contribution in [3.63, 3.8) is 0 Å². The fourth-order valence-electron chi connectivity index (χ4n) is 4.07. The molecular weight excluding hydrogens is 481 g/mol. The highest BCUT2D eigenvalue weighted by Gasteiger charge is 2.29. The topological polar surface area (TPSA) is 45.0 Å². The first kappa shape index (κ1) is 25.9. The van der Waals surface area contributed by atoms with Gasteiger partial charge in [0.05, 0.1) is 31.2 Å². The van der Waals surface area contributed by atoms with Crippen LogP contribution in [-0.4, -0.2) is 24.5 Å². The van der Waals surface area contributed by atoms with E-state index in [2.05, 4.69) is 9.72 Å². The fraction of sp³-hybridized carbons (Fsp3) is 0.207. The second-order valence-electron chi connectivity index (χ2n) is 8.44. The first-order chi connectivity index (χ1) is 17.7. The zero-order valence-electron chi connectivity index (χ0n) is 21.0. The van der Waals surface area contributed by atoms with Crippen LogP contribution in [0.2, 0.25) is 0 Å². The SMILES string of the molecule is COc1ccc(-n2c(-c3cccc(OC)c3)cc(/C(C)=N\OCc3ccc(C(F)(F)F)cc3)c2C)cc1. The van der Waals surface area contributed by atoms with E-state index in [4.69, 9.17) is 14.3 Å². The quantitative estimate of drug-likeness (QED) is 0.184. The Kier molecular flexibility index (Phi) is 7.57. The lowest BCUT2D eigenvalue weighted by atomic mass is 10.1. The van der Waals surface area contributed by atoms with Crippen LogP contribution in [-0.2, 0) is 17.6 Å². The number of aromatic nitrogens is 1. The van der Waals surface area contributed by atoms with E-state index < -0.39 is 11.7 Å². The molecule has 4 aromatic rings. The summed E-state index contributed by atoms with van der Waals surface area (Å²) in [5.74, 6) is 1.50. The fourth-order valence-corrected chi connectivity index (χ4v) is 4.07. The van der Waals surface area contributed by atoms with Gasteiger partial charge in [-0.3, -0.25) is 0 Å². The van der Waals surface area contributed by atoms with Crippen LogP contribution in [0.1, 0.15) is 29.3 Å². The van der Waals surface area contributed by atoms with Crippen molar-refractivity contribution in [2.24, 2.45) is 5.16 Å². The van der Waals surface area contributed by atoms with Gasteiger partial charge in [0.25, 0.3) is 0 Å². The van der Waals surface area contributed by atoms with Gasteiger partial charge < -0.3 is 18.9 Å². The molecule has 1 aromatic heterocycles. The molecule has 0 N–H and O–H groups in total. The number of hydrogen-bond donors (Lipinski definition) is 0. The van der Waals surface area contributed by atoms with Crippen molar-refractivity contribution in [2.75, 3.05) is 14.2 Å². The molecule has 1 heterocycles. The molecule has 4 rings (SSSR count). The number of nitrogens with zero attached hydrogens (tertiary/aromatic N) is 2. The van der Waals surface area contributed by atoms with Crippen molar-refractivity contribution in [1.29, 1.82) is 0 Å². The van der Waals surface area contributed by atoms with Gasteiger partial charge in [-0.05, 0) is 74.0 Å². The lowest BCUT2D eigenvalue weighted by Crippen LogP contribution is -2.04. The van der Waals surface area contributed by atoms with Crippen molar-refractivity contribution in [1.82, 2.24) is 4.57 Å². The molecule has 0 atom stereocenters. The number of ether oxygens (including phenoxy) is 2. The van der Waals surface area contributed by atoms with Crippen molar-refractivity contribution >= 4 is 5.71 Å². The predicted octanol–water partition coefficient (Wildman–Crippen LogP) is 7.43. The second kappa shape index (κ2) is 10.8. The summed E-state index contributed by atoms with van der Waals surface area (Å²) in [6, 6.07) is 22.4. The highest BCUT2D eigenvalue weighted by atomic mass is 19.4. The van der Waals surface area contributed by atoms with E-state index in [1.165, 1.54) is 12.1 Å². The molecule has 0 saturated heterocycles. The first-order valence-corrected chi connectivity index (χ1v) is 11.6. The molecule has 192 valence electrons. The Morgan fingerprint density at radius 1 is 0.865 bits per heavy atom. The van der Waals surface area contributed by atoms with Crippen LogP contribution in [0, 0.1) is 6.92 Å². The first-order valence-electron chi connectivity index (χ1n) is 11.6. The molecule has 3 aromatic carbocycles. The Hall–Kier alpha value is -4.20. The summed E-state index contributed by atoms with van der Waals surface area (Å²) < 4.78 is 51.2. The molecule has 0 aliphatic heterocycles. The molecule has 5 nitrogen and oxygen atoms in total. The largest absolute Gasteiger partial charge is 0.497 e. The second-order valence-corrected chi connectivity index (χ2v) is 8.44. The Morgan fingerprint density at radius 2 is 1.54 bits per heavy atom. The van der Waals surface area contributed by atoms with Gasteiger partial charge in [-0.1, -0.05) is 29.4 Å². The average molecular weight is 509 g/mol.